The summed E-state index contributed by atoms with van der Waals surface area (Å²) in [6.45, 7) is 0.374. The van der Waals surface area contributed by atoms with Crippen molar-refractivity contribution in [3.05, 3.63) is 20.7 Å². The second-order valence-electron chi connectivity index (χ2n) is 3.56. The van der Waals surface area contributed by atoms with Crippen LogP contribution in [0.1, 0.15) is 12.6 Å². The van der Waals surface area contributed by atoms with Crippen molar-refractivity contribution in [3.63, 3.8) is 0 Å². The average molecular weight is 269 g/mol. The van der Waals surface area contributed by atoms with E-state index in [9.17, 15) is 22.8 Å². The Morgan fingerprint density at radius 1 is 1.59 bits per heavy atom. The summed E-state index contributed by atoms with van der Waals surface area (Å²) in [4.78, 5) is 24.0. The number of rotatable bonds is 3. The lowest BCUT2D eigenvalue weighted by molar-refractivity contribution is -0.187. The van der Waals surface area contributed by atoms with Crippen LogP contribution in [0.4, 0.5) is 13.2 Å². The third-order valence-electron chi connectivity index (χ3n) is 2.07. The van der Waals surface area contributed by atoms with Crippen LogP contribution in [0.25, 0.3) is 0 Å². The standard InChI is InChI=1S/C8H10F3N3O2S/c1-7(12,8(9,10)11)5(15)13-2-4-3-17-6(16)14-4/h3H,2,12H2,1H3,(H,13,15)(H,14,16). The number of amides is 1. The number of H-pyrrole nitrogens is 1. The van der Waals surface area contributed by atoms with Gasteiger partial charge >= 0.3 is 11.0 Å². The molecule has 1 rings (SSSR count). The number of hydrogen-bond acceptors (Lipinski definition) is 4. The first kappa shape index (κ1) is 13.7. The number of carbonyl (C=O) groups excluding carboxylic acids is 1. The number of nitrogens with two attached hydrogens (primary N) is 1. The van der Waals surface area contributed by atoms with Gasteiger partial charge in [0.2, 0.25) is 5.91 Å². The summed E-state index contributed by atoms with van der Waals surface area (Å²) in [5.41, 5.74) is 2.27. The second-order valence-corrected chi connectivity index (χ2v) is 4.40. The van der Waals surface area contributed by atoms with Gasteiger partial charge < -0.3 is 16.0 Å². The van der Waals surface area contributed by atoms with Gasteiger partial charge in [-0.05, 0) is 6.92 Å². The van der Waals surface area contributed by atoms with Crippen LogP contribution < -0.4 is 15.9 Å². The Bertz CT molecular complexity index is 463. The fourth-order valence-corrected chi connectivity index (χ4v) is 1.47. The Labute approximate surface area is 97.8 Å². The maximum absolute atomic E-state index is 12.4. The van der Waals surface area contributed by atoms with Crippen molar-refractivity contribution in [2.75, 3.05) is 0 Å². The monoisotopic (exact) mass is 269 g/mol. The number of aromatic nitrogens is 1. The van der Waals surface area contributed by atoms with Crippen LogP contribution in [0.2, 0.25) is 0 Å². The van der Waals surface area contributed by atoms with E-state index in [4.69, 9.17) is 5.73 Å². The lowest BCUT2D eigenvalue weighted by atomic mass is 10.0. The highest BCUT2D eigenvalue weighted by Gasteiger charge is 2.53. The molecule has 0 radical (unpaired) electrons. The molecule has 5 nitrogen and oxygen atoms in total. The minimum Gasteiger partial charge on any atom is -0.349 e. The van der Waals surface area contributed by atoms with E-state index in [1.165, 1.54) is 5.38 Å². The van der Waals surface area contributed by atoms with Gasteiger partial charge in [-0.15, -0.1) is 0 Å². The molecule has 0 spiro atoms. The zero-order chi connectivity index (χ0) is 13.3. The molecule has 1 aromatic rings. The minimum atomic E-state index is -4.83. The Morgan fingerprint density at radius 2 is 2.18 bits per heavy atom. The molecule has 4 N–H and O–H groups in total. The molecule has 1 unspecified atom stereocenters. The number of halogens is 3. The van der Waals surface area contributed by atoms with E-state index < -0.39 is 17.6 Å². The van der Waals surface area contributed by atoms with E-state index >= 15 is 0 Å². The lowest BCUT2D eigenvalue weighted by Crippen LogP contribution is -2.61. The number of nitrogens with one attached hydrogen (secondary N) is 2. The van der Waals surface area contributed by atoms with E-state index in [1.54, 1.807) is 0 Å². The molecule has 0 fully saturated rings. The fraction of sp³-hybridized carbons (Fsp3) is 0.500. The number of alkyl halides is 3. The summed E-state index contributed by atoms with van der Waals surface area (Å²) in [5.74, 6) is -1.35. The fourth-order valence-electron chi connectivity index (χ4n) is 0.888. The first-order valence-electron chi connectivity index (χ1n) is 4.45. The van der Waals surface area contributed by atoms with E-state index in [0.29, 0.717) is 12.6 Å². The summed E-state index contributed by atoms with van der Waals surface area (Å²) in [6.07, 6.45) is -4.83. The van der Waals surface area contributed by atoms with Crippen molar-refractivity contribution >= 4 is 17.2 Å². The van der Waals surface area contributed by atoms with Crippen molar-refractivity contribution in [1.82, 2.24) is 10.3 Å². The quantitative estimate of drug-likeness (QED) is 0.739. The number of hydrogen-bond donors (Lipinski definition) is 3. The van der Waals surface area contributed by atoms with Crippen molar-refractivity contribution in [2.45, 2.75) is 25.2 Å². The van der Waals surface area contributed by atoms with Gasteiger partial charge in [0.1, 0.15) is 0 Å². The Balaban J connectivity index is 2.64. The first-order chi connectivity index (χ1) is 7.64. The SMILES string of the molecule is CC(N)(C(=O)NCc1csc(=O)[nH]1)C(F)(F)F. The lowest BCUT2D eigenvalue weighted by Gasteiger charge is -2.25. The van der Waals surface area contributed by atoms with Gasteiger partial charge in [0.15, 0.2) is 5.54 Å². The smallest absolute Gasteiger partial charge is 0.349 e. The van der Waals surface area contributed by atoms with Crippen molar-refractivity contribution in [1.29, 1.82) is 0 Å². The molecule has 0 saturated heterocycles. The van der Waals surface area contributed by atoms with Gasteiger partial charge in [-0.1, -0.05) is 11.3 Å². The highest BCUT2D eigenvalue weighted by Crippen LogP contribution is 2.27. The molecule has 0 aliphatic heterocycles. The highest BCUT2D eigenvalue weighted by atomic mass is 32.1. The van der Waals surface area contributed by atoms with Gasteiger partial charge in [0.05, 0.1) is 6.54 Å². The molecule has 17 heavy (non-hydrogen) atoms. The summed E-state index contributed by atoms with van der Waals surface area (Å²) in [5, 5.41) is 3.42. The topological polar surface area (TPSA) is 88.0 Å². The molecule has 0 bridgehead atoms. The molecule has 0 aliphatic carbocycles. The second kappa shape index (κ2) is 4.49. The molecule has 0 aliphatic rings. The average Bonchev–Trinajstić information content (AvgIpc) is 2.58. The molecule has 1 atom stereocenters. The highest BCUT2D eigenvalue weighted by molar-refractivity contribution is 7.07. The van der Waals surface area contributed by atoms with Gasteiger partial charge in [0.25, 0.3) is 0 Å². The third kappa shape index (κ3) is 3.07. The molecule has 96 valence electrons. The van der Waals surface area contributed by atoms with Crippen LogP contribution >= 0.6 is 11.3 Å². The molecule has 0 saturated carbocycles. The van der Waals surface area contributed by atoms with E-state index in [1.807, 2.05) is 5.32 Å². The third-order valence-corrected chi connectivity index (χ3v) is 2.79. The predicted octanol–water partition coefficient (Wildman–Crippen LogP) is 0.332. The maximum Gasteiger partial charge on any atom is 0.415 e. The van der Waals surface area contributed by atoms with Gasteiger partial charge in [0, 0.05) is 11.1 Å². The van der Waals surface area contributed by atoms with Crippen molar-refractivity contribution in [2.24, 2.45) is 5.73 Å². The number of aromatic amines is 1. The van der Waals surface area contributed by atoms with Gasteiger partial charge in [-0.2, -0.15) is 13.2 Å². The van der Waals surface area contributed by atoms with E-state index in [0.717, 1.165) is 11.3 Å². The van der Waals surface area contributed by atoms with Crippen LogP contribution in [0.15, 0.2) is 10.2 Å². The molecule has 1 amide bonds. The van der Waals surface area contributed by atoms with Crippen molar-refractivity contribution < 1.29 is 18.0 Å². The van der Waals surface area contributed by atoms with Gasteiger partial charge in [-0.3, -0.25) is 9.59 Å². The van der Waals surface area contributed by atoms with E-state index in [-0.39, 0.29) is 11.4 Å². The maximum atomic E-state index is 12.4. The van der Waals surface area contributed by atoms with Crippen LogP contribution in [-0.4, -0.2) is 22.6 Å². The van der Waals surface area contributed by atoms with Crippen molar-refractivity contribution in [3.8, 4) is 0 Å². The summed E-state index contributed by atoms with van der Waals surface area (Å²) >= 11 is 0.853. The number of carbonyl (C=O) groups is 1. The zero-order valence-corrected chi connectivity index (χ0v) is 9.54. The molecular weight excluding hydrogens is 259 g/mol. The van der Waals surface area contributed by atoms with Crippen LogP contribution in [0.5, 0.6) is 0 Å². The van der Waals surface area contributed by atoms with E-state index in [2.05, 4.69) is 4.98 Å². The summed E-state index contributed by atoms with van der Waals surface area (Å²) in [6, 6.07) is 0. The Kier molecular flexibility index (Phi) is 3.62. The normalized spacial score (nSPS) is 15.4. The molecule has 9 heteroatoms. The Morgan fingerprint density at radius 3 is 2.59 bits per heavy atom. The van der Waals surface area contributed by atoms with Gasteiger partial charge in [-0.25, -0.2) is 0 Å². The first-order valence-corrected chi connectivity index (χ1v) is 5.33. The largest absolute Gasteiger partial charge is 0.415 e. The molecule has 1 heterocycles. The predicted molar refractivity (Wildman–Crippen MR) is 55.4 cm³/mol. The Hall–Kier alpha value is -1.35. The summed E-state index contributed by atoms with van der Waals surface area (Å²) in [7, 11) is 0. The minimum absolute atomic E-state index is 0.208. The molecule has 1 aromatic heterocycles. The zero-order valence-electron chi connectivity index (χ0n) is 8.72. The number of thiazole rings is 1. The van der Waals surface area contributed by atoms with Crippen LogP contribution in [-0.2, 0) is 11.3 Å². The molecular formula is C8H10F3N3O2S. The van der Waals surface area contributed by atoms with Crippen LogP contribution in [0.3, 0.4) is 0 Å². The molecule has 0 aromatic carbocycles. The van der Waals surface area contributed by atoms with Crippen LogP contribution in [0, 0.1) is 0 Å². The summed E-state index contributed by atoms with van der Waals surface area (Å²) < 4.78 is 37.1.